The van der Waals surface area contributed by atoms with Crippen LogP contribution in [0.2, 0.25) is 0 Å². The Labute approximate surface area is 142 Å². The van der Waals surface area contributed by atoms with Crippen molar-refractivity contribution in [3.8, 4) is 0 Å². The van der Waals surface area contributed by atoms with Crippen LogP contribution < -0.4 is 16.1 Å². The zero-order chi connectivity index (χ0) is 16.4. The van der Waals surface area contributed by atoms with E-state index in [1.54, 1.807) is 16.9 Å². The summed E-state index contributed by atoms with van der Waals surface area (Å²) in [7, 11) is 6.05. The Morgan fingerprint density at radius 1 is 1.38 bits per heavy atom. The molecule has 120 valence electrons. The number of piperidine rings is 1. The number of hydrogen-bond donors (Lipinski definition) is 2. The van der Waals surface area contributed by atoms with Crippen LogP contribution in [-0.4, -0.2) is 40.5 Å². The molecule has 0 aromatic carbocycles. The van der Waals surface area contributed by atoms with Crippen molar-refractivity contribution in [1.29, 1.82) is 0 Å². The maximum Gasteiger partial charge on any atom is 0.150 e. The highest BCUT2D eigenvalue weighted by molar-refractivity contribution is 6.36. The Morgan fingerprint density at radius 2 is 2.33 bits per heavy atom. The Balaban J connectivity index is 1.67. The first-order chi connectivity index (χ1) is 11.8. The summed E-state index contributed by atoms with van der Waals surface area (Å²) in [6.45, 7) is 2.72. The van der Waals surface area contributed by atoms with Crippen LogP contribution in [0.4, 0.5) is 5.82 Å². The quantitative estimate of drug-likeness (QED) is 0.703. The van der Waals surface area contributed by atoms with Crippen LogP contribution in [0.25, 0.3) is 5.65 Å². The summed E-state index contributed by atoms with van der Waals surface area (Å²) >= 11 is 0. The van der Waals surface area contributed by atoms with E-state index in [-0.39, 0.29) is 0 Å². The first kappa shape index (κ1) is 15.1. The normalized spacial score (nSPS) is 17.9. The number of anilines is 1. The molecule has 4 rings (SSSR count). The van der Waals surface area contributed by atoms with Crippen molar-refractivity contribution in [2.75, 3.05) is 18.4 Å². The molecule has 2 N–H and O–H groups in total. The monoisotopic (exact) mass is 318 g/mol. The first-order valence-corrected chi connectivity index (χ1v) is 8.29. The molecular weight excluding hydrogens is 299 g/mol. The van der Waals surface area contributed by atoms with E-state index in [9.17, 15) is 0 Å². The van der Waals surface area contributed by atoms with E-state index in [4.69, 9.17) is 12.8 Å². The number of fused-ring (bicyclic) bond motifs is 1. The van der Waals surface area contributed by atoms with Crippen molar-refractivity contribution in [3.63, 3.8) is 0 Å². The van der Waals surface area contributed by atoms with Crippen molar-refractivity contribution in [2.24, 2.45) is 0 Å². The summed E-state index contributed by atoms with van der Waals surface area (Å²) in [5.41, 5.74) is 3.50. The second-order valence-corrected chi connectivity index (χ2v) is 6.16. The molecular formula is C17H19BN6. The lowest BCUT2D eigenvalue weighted by Gasteiger charge is -2.23. The number of aromatic nitrogens is 4. The molecule has 1 unspecified atom stereocenters. The highest BCUT2D eigenvalue weighted by Crippen LogP contribution is 2.24. The van der Waals surface area contributed by atoms with E-state index >= 15 is 0 Å². The minimum absolute atomic E-state index is 0.414. The van der Waals surface area contributed by atoms with Gasteiger partial charge in [0.05, 0.1) is 5.69 Å². The van der Waals surface area contributed by atoms with Gasteiger partial charge in [-0.1, -0.05) is 6.07 Å². The smallest absolute Gasteiger partial charge is 0.150 e. The summed E-state index contributed by atoms with van der Waals surface area (Å²) in [6.07, 6.45) is 7.60. The molecule has 1 fully saturated rings. The number of rotatable bonds is 4. The standard InChI is InChI=1S/C17H19BN6/c18-14-11-22-24-16(21-9-12-3-1-5-19-8-12)7-15(23-17(14)24)13-4-2-6-20-10-13/h1,3,5,7-8,11,13,20-21H,2,4,6,9-10H2. The van der Waals surface area contributed by atoms with E-state index in [0.717, 1.165) is 36.6 Å². The van der Waals surface area contributed by atoms with Gasteiger partial charge in [0.2, 0.25) is 0 Å². The third-order valence-corrected chi connectivity index (χ3v) is 4.43. The SMILES string of the molecule is [B]c1cnn2c(NCc3cccnc3)cc(C3CCCNC3)nc12. The molecule has 4 heterocycles. The predicted octanol–water partition coefficient (Wildman–Crippen LogP) is 0.997. The third kappa shape index (κ3) is 2.99. The van der Waals surface area contributed by atoms with Crippen molar-refractivity contribution >= 4 is 24.8 Å². The van der Waals surface area contributed by atoms with Crippen LogP contribution >= 0.6 is 0 Å². The molecule has 7 heteroatoms. The minimum Gasteiger partial charge on any atom is -0.366 e. The average Bonchev–Trinajstić information content (AvgIpc) is 3.02. The maximum atomic E-state index is 6.05. The maximum absolute atomic E-state index is 6.05. The van der Waals surface area contributed by atoms with Crippen LogP contribution in [0.1, 0.15) is 30.0 Å². The van der Waals surface area contributed by atoms with Gasteiger partial charge in [0.25, 0.3) is 0 Å². The van der Waals surface area contributed by atoms with Gasteiger partial charge in [0.15, 0.2) is 5.65 Å². The van der Waals surface area contributed by atoms with Gasteiger partial charge in [-0.3, -0.25) is 4.98 Å². The van der Waals surface area contributed by atoms with Crippen molar-refractivity contribution in [2.45, 2.75) is 25.3 Å². The van der Waals surface area contributed by atoms with E-state index in [1.807, 2.05) is 18.3 Å². The number of pyridine rings is 1. The molecule has 1 aliphatic heterocycles. The first-order valence-electron chi connectivity index (χ1n) is 8.29. The topological polar surface area (TPSA) is 67.1 Å². The van der Waals surface area contributed by atoms with Crippen molar-refractivity contribution < 1.29 is 0 Å². The predicted molar refractivity (Wildman–Crippen MR) is 94.8 cm³/mol. The summed E-state index contributed by atoms with van der Waals surface area (Å²) in [5.74, 6) is 1.32. The lowest BCUT2D eigenvalue weighted by molar-refractivity contribution is 0.455. The van der Waals surface area contributed by atoms with Gasteiger partial charge in [0.1, 0.15) is 13.7 Å². The van der Waals surface area contributed by atoms with Gasteiger partial charge < -0.3 is 10.6 Å². The molecule has 24 heavy (non-hydrogen) atoms. The molecule has 1 aliphatic rings. The third-order valence-electron chi connectivity index (χ3n) is 4.43. The molecule has 3 aromatic heterocycles. The summed E-state index contributed by atoms with van der Waals surface area (Å²) in [6, 6.07) is 6.07. The molecule has 1 saturated heterocycles. The van der Waals surface area contributed by atoms with E-state index in [0.29, 0.717) is 23.6 Å². The zero-order valence-electron chi connectivity index (χ0n) is 13.4. The lowest BCUT2D eigenvalue weighted by atomic mass is 9.95. The molecule has 0 saturated carbocycles. The van der Waals surface area contributed by atoms with E-state index < -0.39 is 0 Å². The van der Waals surface area contributed by atoms with E-state index in [1.165, 1.54) is 6.42 Å². The molecule has 1 atom stereocenters. The zero-order valence-corrected chi connectivity index (χ0v) is 13.4. The van der Waals surface area contributed by atoms with Crippen LogP contribution in [0.3, 0.4) is 0 Å². The molecule has 2 radical (unpaired) electrons. The Bertz CT molecular complexity index is 826. The second-order valence-electron chi connectivity index (χ2n) is 6.16. The summed E-state index contributed by atoms with van der Waals surface area (Å²) in [5, 5.41) is 11.2. The van der Waals surface area contributed by atoms with Gasteiger partial charge >= 0.3 is 0 Å². The number of nitrogens with one attached hydrogen (secondary N) is 2. The fourth-order valence-corrected chi connectivity index (χ4v) is 3.13. The van der Waals surface area contributed by atoms with Gasteiger partial charge in [-0.2, -0.15) is 9.61 Å². The minimum atomic E-state index is 0.414. The van der Waals surface area contributed by atoms with Crippen LogP contribution in [-0.2, 0) is 6.54 Å². The van der Waals surface area contributed by atoms with Crippen molar-refractivity contribution in [3.05, 3.63) is 48.0 Å². The van der Waals surface area contributed by atoms with Crippen molar-refractivity contribution in [1.82, 2.24) is 24.9 Å². The average molecular weight is 318 g/mol. The fourth-order valence-electron chi connectivity index (χ4n) is 3.13. The molecule has 3 aromatic rings. The fraction of sp³-hybridized carbons (Fsp3) is 0.353. The highest BCUT2D eigenvalue weighted by Gasteiger charge is 2.19. The Morgan fingerprint density at radius 3 is 3.12 bits per heavy atom. The number of hydrogen-bond acceptors (Lipinski definition) is 5. The van der Waals surface area contributed by atoms with Crippen LogP contribution in [0, 0.1) is 0 Å². The summed E-state index contributed by atoms with van der Waals surface area (Å²) < 4.78 is 1.77. The summed E-state index contributed by atoms with van der Waals surface area (Å²) in [4.78, 5) is 8.91. The van der Waals surface area contributed by atoms with Crippen LogP contribution in [0.15, 0.2) is 36.8 Å². The second kappa shape index (κ2) is 6.61. The van der Waals surface area contributed by atoms with Gasteiger partial charge in [-0.25, -0.2) is 4.98 Å². The Hall–Kier alpha value is -2.41. The van der Waals surface area contributed by atoms with Gasteiger partial charge in [-0.15, -0.1) is 0 Å². The molecule has 6 nitrogen and oxygen atoms in total. The van der Waals surface area contributed by atoms with Gasteiger partial charge in [0, 0.05) is 43.7 Å². The Kier molecular flexibility index (Phi) is 4.17. The molecule has 0 amide bonds. The number of nitrogens with zero attached hydrogens (tertiary/aromatic N) is 4. The highest BCUT2D eigenvalue weighted by atomic mass is 15.3. The largest absolute Gasteiger partial charge is 0.366 e. The van der Waals surface area contributed by atoms with E-state index in [2.05, 4.69) is 26.8 Å². The molecule has 0 bridgehead atoms. The van der Waals surface area contributed by atoms with Gasteiger partial charge in [-0.05, 0) is 36.5 Å². The molecule has 0 spiro atoms. The lowest BCUT2D eigenvalue weighted by Crippen LogP contribution is -2.29. The molecule has 0 aliphatic carbocycles. The van der Waals surface area contributed by atoms with Crippen LogP contribution in [0.5, 0.6) is 0 Å².